The molecule has 0 saturated carbocycles. The van der Waals surface area contributed by atoms with E-state index in [4.69, 9.17) is 9.47 Å². The van der Waals surface area contributed by atoms with Gasteiger partial charge in [-0.1, -0.05) is 46.3 Å². The number of amides is 2. The van der Waals surface area contributed by atoms with Crippen molar-refractivity contribution in [1.82, 2.24) is 10.7 Å². The first-order valence-corrected chi connectivity index (χ1v) is 8.62. The summed E-state index contributed by atoms with van der Waals surface area (Å²) in [5.74, 6) is -0.398. The molecule has 27 heavy (non-hydrogen) atoms. The lowest BCUT2D eigenvalue weighted by Gasteiger charge is -2.07. The van der Waals surface area contributed by atoms with Crippen molar-refractivity contribution >= 4 is 34.1 Å². The standard InChI is InChI=1S/C18H18BrN3O5/c1-26-15-8-14(19)7-13(17(15)24)9-21-22-16(23)10-20-18(25)27-11-12-5-3-2-4-6-12/h2-9,24H,10-11H2,1H3,(H,20,25)(H,22,23)/b21-9-. The Balaban J connectivity index is 1.77. The number of ether oxygens (including phenoxy) is 2. The van der Waals surface area contributed by atoms with Crippen molar-refractivity contribution in [2.24, 2.45) is 5.10 Å². The van der Waals surface area contributed by atoms with Crippen molar-refractivity contribution in [3.8, 4) is 11.5 Å². The van der Waals surface area contributed by atoms with E-state index in [1.54, 1.807) is 12.1 Å². The summed E-state index contributed by atoms with van der Waals surface area (Å²) < 4.78 is 10.7. The minimum absolute atomic E-state index is 0.108. The van der Waals surface area contributed by atoms with Crippen molar-refractivity contribution in [3.05, 3.63) is 58.1 Å². The average Bonchev–Trinajstić information content (AvgIpc) is 2.67. The number of rotatable bonds is 7. The number of alkyl carbamates (subject to hydrolysis) is 1. The molecular formula is C18H18BrN3O5. The van der Waals surface area contributed by atoms with Gasteiger partial charge in [0.05, 0.1) is 13.3 Å². The molecule has 0 aliphatic rings. The molecule has 0 heterocycles. The summed E-state index contributed by atoms with van der Waals surface area (Å²) >= 11 is 3.28. The molecule has 2 aromatic rings. The molecule has 0 aliphatic carbocycles. The van der Waals surface area contributed by atoms with E-state index < -0.39 is 12.0 Å². The van der Waals surface area contributed by atoms with Crippen molar-refractivity contribution in [3.63, 3.8) is 0 Å². The molecule has 0 aliphatic heterocycles. The Morgan fingerprint density at radius 2 is 2.00 bits per heavy atom. The number of carbonyl (C=O) groups excluding carboxylic acids is 2. The predicted octanol–water partition coefficient (Wildman–Crippen LogP) is 2.54. The molecular weight excluding hydrogens is 418 g/mol. The summed E-state index contributed by atoms with van der Waals surface area (Å²) in [6.07, 6.45) is 0.543. The number of phenols is 1. The number of carbonyl (C=O) groups is 2. The van der Waals surface area contributed by atoms with Crippen LogP contribution in [0.3, 0.4) is 0 Å². The lowest BCUT2D eigenvalue weighted by atomic mass is 10.2. The Hall–Kier alpha value is -3.07. The Kier molecular flexibility index (Phi) is 7.63. The maximum Gasteiger partial charge on any atom is 0.407 e. The molecule has 0 saturated heterocycles. The van der Waals surface area contributed by atoms with E-state index in [-0.39, 0.29) is 24.7 Å². The Morgan fingerprint density at radius 1 is 1.26 bits per heavy atom. The molecule has 0 radical (unpaired) electrons. The van der Waals surface area contributed by atoms with Crippen LogP contribution >= 0.6 is 15.9 Å². The molecule has 2 aromatic carbocycles. The third-order valence-electron chi connectivity index (χ3n) is 3.29. The van der Waals surface area contributed by atoms with Gasteiger partial charge in [-0.05, 0) is 17.7 Å². The van der Waals surface area contributed by atoms with Crippen LogP contribution < -0.4 is 15.5 Å². The molecule has 2 amide bonds. The van der Waals surface area contributed by atoms with Gasteiger partial charge < -0.3 is 19.9 Å². The smallest absolute Gasteiger partial charge is 0.407 e. The van der Waals surface area contributed by atoms with Crippen LogP contribution in [0, 0.1) is 0 Å². The third kappa shape index (κ3) is 6.63. The van der Waals surface area contributed by atoms with Crippen molar-refractivity contribution in [2.45, 2.75) is 6.61 Å². The SMILES string of the molecule is COc1cc(Br)cc(/C=N\NC(=O)CNC(=O)OCc2ccccc2)c1O. The number of methoxy groups -OCH3 is 1. The van der Waals surface area contributed by atoms with Crippen molar-refractivity contribution in [2.75, 3.05) is 13.7 Å². The van der Waals surface area contributed by atoms with Gasteiger partial charge in [-0.3, -0.25) is 4.79 Å². The maximum absolute atomic E-state index is 11.7. The van der Waals surface area contributed by atoms with Gasteiger partial charge in [0.2, 0.25) is 0 Å². The van der Waals surface area contributed by atoms with Gasteiger partial charge in [0.25, 0.3) is 5.91 Å². The van der Waals surface area contributed by atoms with Crippen molar-refractivity contribution < 1.29 is 24.2 Å². The number of hydrogen-bond donors (Lipinski definition) is 3. The summed E-state index contributed by atoms with van der Waals surface area (Å²) in [6, 6.07) is 12.4. The fraction of sp³-hybridized carbons (Fsp3) is 0.167. The van der Waals surface area contributed by atoms with Crippen LogP contribution in [0.25, 0.3) is 0 Å². The number of hydrogen-bond acceptors (Lipinski definition) is 6. The van der Waals surface area contributed by atoms with Crippen LogP contribution in [0.4, 0.5) is 4.79 Å². The van der Waals surface area contributed by atoms with Gasteiger partial charge in [-0.15, -0.1) is 0 Å². The van der Waals surface area contributed by atoms with Crippen LogP contribution in [-0.4, -0.2) is 37.0 Å². The van der Waals surface area contributed by atoms with Crippen LogP contribution in [0.1, 0.15) is 11.1 Å². The van der Waals surface area contributed by atoms with Gasteiger partial charge in [0.15, 0.2) is 11.5 Å². The number of nitrogens with one attached hydrogen (secondary N) is 2. The molecule has 0 aromatic heterocycles. The number of aromatic hydroxyl groups is 1. The molecule has 0 bridgehead atoms. The average molecular weight is 436 g/mol. The maximum atomic E-state index is 11.7. The first kappa shape index (κ1) is 20.2. The van der Waals surface area contributed by atoms with Gasteiger partial charge in [0, 0.05) is 10.0 Å². The molecule has 142 valence electrons. The Morgan fingerprint density at radius 3 is 2.70 bits per heavy atom. The number of benzene rings is 2. The number of nitrogens with zero attached hydrogens (tertiary/aromatic N) is 1. The molecule has 2 rings (SSSR count). The summed E-state index contributed by atoms with van der Waals surface area (Å²) in [4.78, 5) is 23.3. The van der Waals surface area contributed by atoms with E-state index in [2.05, 4.69) is 31.8 Å². The number of hydrazone groups is 1. The highest BCUT2D eigenvalue weighted by molar-refractivity contribution is 9.10. The van der Waals surface area contributed by atoms with E-state index in [0.717, 1.165) is 5.56 Å². The first-order valence-electron chi connectivity index (χ1n) is 7.82. The topological polar surface area (TPSA) is 109 Å². The highest BCUT2D eigenvalue weighted by Crippen LogP contribution is 2.32. The second-order valence-corrected chi connectivity index (χ2v) is 6.17. The molecule has 0 spiro atoms. The molecule has 9 heteroatoms. The lowest BCUT2D eigenvalue weighted by molar-refractivity contribution is -0.120. The summed E-state index contributed by atoms with van der Waals surface area (Å²) in [7, 11) is 1.42. The van der Waals surface area contributed by atoms with Crippen LogP contribution in [0.5, 0.6) is 11.5 Å². The summed E-state index contributed by atoms with van der Waals surface area (Å²) in [5.41, 5.74) is 3.42. The van der Waals surface area contributed by atoms with Gasteiger partial charge in [0.1, 0.15) is 13.2 Å². The Labute approximate surface area is 164 Å². The fourth-order valence-electron chi connectivity index (χ4n) is 1.99. The zero-order valence-electron chi connectivity index (χ0n) is 14.4. The zero-order chi connectivity index (χ0) is 19.6. The van der Waals surface area contributed by atoms with E-state index in [1.807, 2.05) is 30.3 Å². The van der Waals surface area contributed by atoms with E-state index in [0.29, 0.717) is 10.0 Å². The van der Waals surface area contributed by atoms with Crippen molar-refractivity contribution in [1.29, 1.82) is 0 Å². The largest absolute Gasteiger partial charge is 0.504 e. The van der Waals surface area contributed by atoms with E-state index >= 15 is 0 Å². The fourth-order valence-corrected chi connectivity index (χ4v) is 2.44. The lowest BCUT2D eigenvalue weighted by Crippen LogP contribution is -2.35. The van der Waals surface area contributed by atoms with Crippen LogP contribution in [0.15, 0.2) is 52.0 Å². The van der Waals surface area contributed by atoms with Crippen LogP contribution in [-0.2, 0) is 16.1 Å². The number of phenolic OH excluding ortho intramolecular Hbond substituents is 1. The normalized spacial score (nSPS) is 10.4. The first-order chi connectivity index (χ1) is 13.0. The second-order valence-electron chi connectivity index (χ2n) is 5.25. The Bertz CT molecular complexity index is 827. The zero-order valence-corrected chi connectivity index (χ0v) is 16.0. The molecule has 0 fully saturated rings. The van der Waals surface area contributed by atoms with E-state index in [9.17, 15) is 14.7 Å². The van der Waals surface area contributed by atoms with Gasteiger partial charge >= 0.3 is 6.09 Å². The van der Waals surface area contributed by atoms with Crippen LogP contribution in [0.2, 0.25) is 0 Å². The molecule has 8 nitrogen and oxygen atoms in total. The highest BCUT2D eigenvalue weighted by Gasteiger charge is 2.09. The molecule has 3 N–H and O–H groups in total. The minimum Gasteiger partial charge on any atom is -0.504 e. The second kappa shape index (κ2) is 10.2. The summed E-state index contributed by atoms with van der Waals surface area (Å²) in [5, 5.41) is 16.0. The van der Waals surface area contributed by atoms with Gasteiger partial charge in [-0.25, -0.2) is 10.2 Å². The third-order valence-corrected chi connectivity index (χ3v) is 3.75. The molecule has 0 atom stereocenters. The number of halogens is 1. The van der Waals surface area contributed by atoms with Gasteiger partial charge in [-0.2, -0.15) is 5.10 Å². The highest BCUT2D eigenvalue weighted by atomic mass is 79.9. The quantitative estimate of drug-likeness (QED) is 0.457. The van der Waals surface area contributed by atoms with E-state index in [1.165, 1.54) is 13.3 Å². The monoisotopic (exact) mass is 435 g/mol. The predicted molar refractivity (Wildman–Crippen MR) is 103 cm³/mol. The summed E-state index contributed by atoms with van der Waals surface area (Å²) in [6.45, 7) is -0.199. The minimum atomic E-state index is -0.715. The molecule has 0 unspecified atom stereocenters.